The highest BCUT2D eigenvalue weighted by atomic mass is 19.2. The molecule has 0 fully saturated rings. The van der Waals surface area contributed by atoms with E-state index in [0.29, 0.717) is 17.8 Å². The van der Waals surface area contributed by atoms with Gasteiger partial charge in [0.25, 0.3) is 0 Å². The van der Waals surface area contributed by atoms with E-state index in [9.17, 15) is 8.78 Å². The van der Waals surface area contributed by atoms with Gasteiger partial charge in [0, 0.05) is 30.4 Å². The molecule has 0 unspecified atom stereocenters. The molecular weight excluding hydrogens is 346 g/mol. The largest absolute Gasteiger partial charge is 0.308 e. The molecule has 0 bridgehead atoms. The topological polar surface area (TPSA) is 43.6 Å². The number of imidazole rings is 1. The first-order valence-corrected chi connectivity index (χ1v) is 8.97. The van der Waals surface area contributed by atoms with Crippen LogP contribution in [-0.2, 0) is 13.0 Å². The Labute approximate surface area is 155 Å². The highest BCUT2D eigenvalue weighted by molar-refractivity contribution is 5.85. The van der Waals surface area contributed by atoms with Crippen molar-refractivity contribution in [1.29, 1.82) is 0 Å². The molecule has 0 aliphatic rings. The summed E-state index contributed by atoms with van der Waals surface area (Å²) in [7, 11) is 0. The summed E-state index contributed by atoms with van der Waals surface area (Å²) in [6, 6.07) is 4.70. The van der Waals surface area contributed by atoms with E-state index < -0.39 is 11.6 Å². The maximum absolute atomic E-state index is 14.2. The first-order valence-electron chi connectivity index (χ1n) is 8.97. The molecule has 27 heavy (non-hydrogen) atoms. The lowest BCUT2D eigenvalue weighted by molar-refractivity contribution is 0.516. The Kier molecular flexibility index (Phi) is 4.34. The van der Waals surface area contributed by atoms with Crippen LogP contribution in [0.2, 0.25) is 0 Å². The number of halogens is 2. The van der Waals surface area contributed by atoms with E-state index in [-0.39, 0.29) is 5.39 Å². The first-order chi connectivity index (χ1) is 13.0. The van der Waals surface area contributed by atoms with Gasteiger partial charge in [0.1, 0.15) is 11.3 Å². The summed E-state index contributed by atoms with van der Waals surface area (Å²) in [5, 5.41) is 0.834. The lowest BCUT2D eigenvalue weighted by Gasteiger charge is -2.12. The second-order valence-electron chi connectivity index (χ2n) is 7.27. The molecule has 0 spiro atoms. The van der Waals surface area contributed by atoms with Crippen molar-refractivity contribution in [3.8, 4) is 0 Å². The fourth-order valence-corrected chi connectivity index (χ4v) is 3.41. The van der Waals surface area contributed by atoms with Crippen molar-refractivity contribution in [3.63, 3.8) is 0 Å². The Morgan fingerprint density at radius 2 is 1.89 bits per heavy atom. The molecule has 0 N–H and O–H groups in total. The molecule has 0 aliphatic carbocycles. The van der Waals surface area contributed by atoms with E-state index in [1.807, 2.05) is 13.0 Å². The van der Waals surface area contributed by atoms with E-state index in [2.05, 4.69) is 28.4 Å². The molecule has 4 nitrogen and oxygen atoms in total. The van der Waals surface area contributed by atoms with E-state index in [0.717, 1.165) is 40.6 Å². The molecule has 0 amide bonds. The van der Waals surface area contributed by atoms with Crippen molar-refractivity contribution in [3.05, 3.63) is 65.4 Å². The summed E-state index contributed by atoms with van der Waals surface area (Å²) in [5.74, 6) is -0.375. The van der Waals surface area contributed by atoms with Crippen molar-refractivity contribution in [2.24, 2.45) is 5.92 Å². The highest BCUT2D eigenvalue weighted by Crippen LogP contribution is 2.26. The average molecular weight is 366 g/mol. The van der Waals surface area contributed by atoms with Crippen LogP contribution in [0, 0.1) is 24.5 Å². The maximum Gasteiger partial charge on any atom is 0.168 e. The summed E-state index contributed by atoms with van der Waals surface area (Å²) in [6.45, 7) is 6.74. The number of nitrogens with zero attached hydrogens (tertiary/aromatic N) is 4. The lowest BCUT2D eigenvalue weighted by Crippen LogP contribution is -2.09. The zero-order valence-corrected chi connectivity index (χ0v) is 15.5. The Hall–Kier alpha value is -2.89. The van der Waals surface area contributed by atoms with E-state index in [4.69, 9.17) is 4.98 Å². The Morgan fingerprint density at radius 3 is 2.67 bits per heavy atom. The molecular formula is C21H20F2N4. The third-order valence-corrected chi connectivity index (χ3v) is 4.75. The van der Waals surface area contributed by atoms with Crippen LogP contribution in [0.1, 0.15) is 30.8 Å². The minimum Gasteiger partial charge on any atom is -0.308 e. The first kappa shape index (κ1) is 17.5. The number of benzene rings is 1. The van der Waals surface area contributed by atoms with E-state index >= 15 is 0 Å². The van der Waals surface area contributed by atoms with Crippen LogP contribution in [-0.4, -0.2) is 19.5 Å². The van der Waals surface area contributed by atoms with Crippen molar-refractivity contribution in [1.82, 2.24) is 19.5 Å². The number of pyridine rings is 2. The van der Waals surface area contributed by atoms with Gasteiger partial charge in [-0.1, -0.05) is 19.9 Å². The number of hydrogen-bond donors (Lipinski definition) is 0. The molecule has 3 aromatic heterocycles. The summed E-state index contributed by atoms with van der Waals surface area (Å²) < 4.78 is 29.8. The molecule has 4 rings (SSSR count). The minimum absolute atomic E-state index is 0.187. The smallest absolute Gasteiger partial charge is 0.168 e. The van der Waals surface area contributed by atoms with Crippen molar-refractivity contribution in [2.45, 2.75) is 33.7 Å². The molecule has 0 saturated heterocycles. The Bertz CT molecular complexity index is 1150. The highest BCUT2D eigenvalue weighted by Gasteiger charge is 2.17. The number of aromatic nitrogens is 4. The van der Waals surface area contributed by atoms with Crippen molar-refractivity contribution >= 4 is 21.9 Å². The number of fused-ring (bicyclic) bond motifs is 2. The predicted molar refractivity (Wildman–Crippen MR) is 102 cm³/mol. The number of hydrogen-bond acceptors (Lipinski definition) is 3. The molecule has 3 heterocycles. The van der Waals surface area contributed by atoms with Crippen molar-refractivity contribution in [2.75, 3.05) is 0 Å². The maximum atomic E-state index is 14.2. The molecule has 1 aromatic carbocycles. The van der Waals surface area contributed by atoms with Crippen LogP contribution >= 0.6 is 0 Å². The van der Waals surface area contributed by atoms with Gasteiger partial charge >= 0.3 is 0 Å². The van der Waals surface area contributed by atoms with Gasteiger partial charge in [-0.25, -0.2) is 18.7 Å². The van der Waals surface area contributed by atoms with Gasteiger partial charge in [0.05, 0.1) is 6.54 Å². The monoisotopic (exact) mass is 366 g/mol. The van der Waals surface area contributed by atoms with Gasteiger partial charge in [0.15, 0.2) is 17.3 Å². The zero-order valence-electron chi connectivity index (χ0n) is 15.5. The standard InChI is InChI=1S/C21H20F2N4/c1-12(2)8-18-26-20-13(3)6-7-25-21(20)27(18)11-14-9-24-10-16-15(14)4-5-17(22)19(16)23/h4-7,9-10,12H,8,11H2,1-3H3. The molecule has 6 heteroatoms. The third kappa shape index (κ3) is 3.05. The zero-order chi connectivity index (χ0) is 19.1. The van der Waals surface area contributed by atoms with Crippen LogP contribution in [0.5, 0.6) is 0 Å². The summed E-state index contributed by atoms with van der Waals surface area (Å²) >= 11 is 0. The quantitative estimate of drug-likeness (QED) is 0.520. The van der Waals surface area contributed by atoms with Gasteiger partial charge in [-0.05, 0) is 41.5 Å². The van der Waals surface area contributed by atoms with Gasteiger partial charge in [0.2, 0.25) is 0 Å². The Balaban J connectivity index is 1.90. The van der Waals surface area contributed by atoms with Crippen LogP contribution in [0.25, 0.3) is 21.9 Å². The lowest BCUT2D eigenvalue weighted by atomic mass is 10.1. The van der Waals surface area contributed by atoms with Crippen molar-refractivity contribution < 1.29 is 8.78 Å². The van der Waals surface area contributed by atoms with Crippen LogP contribution in [0.15, 0.2) is 36.8 Å². The van der Waals surface area contributed by atoms with Crippen LogP contribution in [0.3, 0.4) is 0 Å². The van der Waals surface area contributed by atoms with Gasteiger partial charge in [-0.2, -0.15) is 0 Å². The summed E-state index contributed by atoms with van der Waals surface area (Å²) in [6.07, 6.45) is 5.63. The SMILES string of the molecule is Cc1ccnc2c1nc(CC(C)C)n2Cc1cncc2c(F)c(F)ccc12. The number of rotatable bonds is 4. The molecule has 0 aliphatic heterocycles. The fraction of sp³-hybridized carbons (Fsp3) is 0.286. The van der Waals surface area contributed by atoms with Gasteiger partial charge in [-0.15, -0.1) is 0 Å². The molecule has 0 saturated carbocycles. The fourth-order valence-electron chi connectivity index (χ4n) is 3.41. The Morgan fingerprint density at radius 1 is 1.07 bits per heavy atom. The van der Waals surface area contributed by atoms with E-state index in [1.165, 1.54) is 6.20 Å². The summed E-state index contributed by atoms with van der Waals surface area (Å²) in [4.78, 5) is 13.5. The molecule has 4 aromatic rings. The molecule has 0 atom stereocenters. The second-order valence-corrected chi connectivity index (χ2v) is 7.27. The third-order valence-electron chi connectivity index (χ3n) is 4.75. The van der Waals surface area contributed by atoms with Crippen LogP contribution in [0.4, 0.5) is 8.78 Å². The normalized spacial score (nSPS) is 11.8. The average Bonchev–Trinajstić information content (AvgIpc) is 2.97. The van der Waals surface area contributed by atoms with Crippen LogP contribution < -0.4 is 0 Å². The predicted octanol–water partition coefficient (Wildman–Crippen LogP) is 4.81. The second kappa shape index (κ2) is 6.68. The molecule has 138 valence electrons. The van der Waals surface area contributed by atoms with E-state index in [1.54, 1.807) is 18.5 Å². The summed E-state index contributed by atoms with van der Waals surface area (Å²) in [5.41, 5.74) is 3.54. The minimum atomic E-state index is -0.868. The number of aryl methyl sites for hydroxylation is 1. The molecule has 0 radical (unpaired) electrons. The van der Waals surface area contributed by atoms with Gasteiger partial charge < -0.3 is 4.57 Å². The van der Waals surface area contributed by atoms with Gasteiger partial charge in [-0.3, -0.25) is 4.98 Å².